The maximum atomic E-state index is 11.4. The minimum atomic E-state index is -1.41. The minimum absolute atomic E-state index is 0.217. The summed E-state index contributed by atoms with van der Waals surface area (Å²) in [5.41, 5.74) is -0.217. The summed E-state index contributed by atoms with van der Waals surface area (Å²) in [4.78, 5) is 22.2. The highest BCUT2D eigenvalue weighted by atomic mass is 79.9. The van der Waals surface area contributed by atoms with Crippen LogP contribution in [0.1, 0.15) is 6.92 Å². The lowest BCUT2D eigenvalue weighted by Crippen LogP contribution is -2.47. The standard InChI is InChI=1S/C9H8Br2O4/c1-4(12)9(11)6(10)3-2-5(7(9)13)8(14)15/h2-3,7,13H,1H3,(H,14,15). The van der Waals surface area contributed by atoms with E-state index in [0.29, 0.717) is 4.48 Å². The first-order valence-electron chi connectivity index (χ1n) is 4.01. The summed E-state index contributed by atoms with van der Waals surface area (Å²) in [5, 5.41) is 18.6. The van der Waals surface area contributed by atoms with Crippen LogP contribution in [-0.2, 0) is 9.59 Å². The maximum absolute atomic E-state index is 11.4. The normalized spacial score (nSPS) is 30.5. The van der Waals surface area contributed by atoms with E-state index in [4.69, 9.17) is 5.11 Å². The van der Waals surface area contributed by atoms with Gasteiger partial charge in [0.05, 0.1) is 5.57 Å². The van der Waals surface area contributed by atoms with Gasteiger partial charge in [-0.05, 0) is 19.1 Å². The van der Waals surface area contributed by atoms with E-state index in [1.165, 1.54) is 19.1 Å². The fourth-order valence-corrected chi connectivity index (χ4v) is 2.28. The number of carboxylic acid groups (broad SMARTS) is 1. The van der Waals surface area contributed by atoms with Gasteiger partial charge in [0.2, 0.25) is 0 Å². The molecule has 0 aromatic rings. The van der Waals surface area contributed by atoms with Crippen LogP contribution in [-0.4, -0.2) is 32.4 Å². The zero-order valence-corrected chi connectivity index (χ0v) is 10.9. The molecule has 1 aliphatic carbocycles. The molecular formula is C9H8Br2O4. The van der Waals surface area contributed by atoms with Crippen molar-refractivity contribution in [2.75, 3.05) is 0 Å². The molecule has 0 fully saturated rings. The average Bonchev–Trinajstić information content (AvgIpc) is 2.13. The number of alkyl halides is 1. The van der Waals surface area contributed by atoms with Crippen molar-refractivity contribution in [1.29, 1.82) is 0 Å². The summed E-state index contributed by atoms with van der Waals surface area (Å²) in [6.45, 7) is 1.28. The number of carbonyl (C=O) groups excluding carboxylic acids is 1. The number of Topliss-reactive ketones (excluding diaryl/α,β-unsaturated/α-hetero) is 1. The number of aliphatic carboxylic acids is 1. The topological polar surface area (TPSA) is 74.6 Å². The fourth-order valence-electron chi connectivity index (χ4n) is 1.27. The SMILES string of the molecule is CC(=O)C1(Br)C(Br)=CC=C(C(=O)O)C1O. The van der Waals surface area contributed by atoms with Gasteiger partial charge in [-0.1, -0.05) is 31.9 Å². The van der Waals surface area contributed by atoms with Crippen molar-refractivity contribution in [3.8, 4) is 0 Å². The number of hydrogen-bond donors (Lipinski definition) is 2. The van der Waals surface area contributed by atoms with Crippen molar-refractivity contribution >= 4 is 43.6 Å². The number of rotatable bonds is 2. The number of aliphatic hydroxyl groups excluding tert-OH is 1. The summed E-state index contributed by atoms with van der Waals surface area (Å²) in [5.74, 6) is -1.62. The molecule has 2 N–H and O–H groups in total. The van der Waals surface area contributed by atoms with Gasteiger partial charge < -0.3 is 10.2 Å². The monoisotopic (exact) mass is 338 g/mol. The molecule has 1 aliphatic rings. The second-order valence-electron chi connectivity index (χ2n) is 3.11. The molecule has 0 bridgehead atoms. The van der Waals surface area contributed by atoms with Crippen molar-refractivity contribution in [3.05, 3.63) is 22.2 Å². The molecule has 0 aromatic heterocycles. The Morgan fingerprint density at radius 3 is 2.40 bits per heavy atom. The Morgan fingerprint density at radius 2 is 2.00 bits per heavy atom. The largest absolute Gasteiger partial charge is 0.478 e. The van der Waals surface area contributed by atoms with Crippen molar-refractivity contribution in [1.82, 2.24) is 0 Å². The summed E-state index contributed by atoms with van der Waals surface area (Å²) < 4.78 is -0.991. The number of aliphatic hydroxyl groups is 1. The first-order chi connectivity index (χ1) is 6.81. The molecule has 0 saturated carbocycles. The van der Waals surface area contributed by atoms with Crippen molar-refractivity contribution in [2.45, 2.75) is 17.4 Å². The molecule has 2 atom stereocenters. The van der Waals surface area contributed by atoms with Crippen molar-refractivity contribution in [3.63, 3.8) is 0 Å². The van der Waals surface area contributed by atoms with Crippen LogP contribution in [0.4, 0.5) is 0 Å². The molecule has 0 aliphatic heterocycles. The van der Waals surface area contributed by atoms with E-state index in [9.17, 15) is 14.7 Å². The van der Waals surface area contributed by atoms with E-state index in [0.717, 1.165) is 0 Å². The molecule has 0 spiro atoms. The third-order valence-electron chi connectivity index (χ3n) is 2.19. The number of hydrogen-bond acceptors (Lipinski definition) is 3. The maximum Gasteiger partial charge on any atom is 0.334 e. The Labute approximate surface area is 103 Å². The molecule has 2 unspecified atom stereocenters. The lowest BCUT2D eigenvalue weighted by molar-refractivity contribution is -0.134. The second-order valence-corrected chi connectivity index (χ2v) is 5.22. The Bertz CT molecular complexity index is 386. The van der Waals surface area contributed by atoms with E-state index in [1.807, 2.05) is 0 Å². The number of carbonyl (C=O) groups is 2. The quantitative estimate of drug-likeness (QED) is 0.745. The predicted molar refractivity (Wildman–Crippen MR) is 61.1 cm³/mol. The molecule has 4 nitrogen and oxygen atoms in total. The lowest BCUT2D eigenvalue weighted by atomic mass is 9.88. The Hall–Kier alpha value is -0.460. The van der Waals surface area contributed by atoms with Crippen LogP contribution in [0, 0.1) is 0 Å². The predicted octanol–water partition coefficient (Wildman–Crippen LogP) is 1.37. The van der Waals surface area contributed by atoms with E-state index < -0.39 is 16.4 Å². The van der Waals surface area contributed by atoms with Crippen LogP contribution < -0.4 is 0 Å². The first kappa shape index (κ1) is 12.6. The van der Waals surface area contributed by atoms with E-state index in [2.05, 4.69) is 31.9 Å². The molecular weight excluding hydrogens is 332 g/mol. The third-order valence-corrected chi connectivity index (χ3v) is 5.03. The Balaban J connectivity index is 3.27. The molecule has 1 rings (SSSR count). The van der Waals surface area contributed by atoms with E-state index in [1.54, 1.807) is 0 Å². The second kappa shape index (κ2) is 4.19. The molecule has 15 heavy (non-hydrogen) atoms. The zero-order chi connectivity index (χ0) is 11.8. The number of carboxylic acids is 1. The van der Waals surface area contributed by atoms with Crippen LogP contribution in [0.15, 0.2) is 22.2 Å². The van der Waals surface area contributed by atoms with Gasteiger partial charge in [-0.15, -0.1) is 0 Å². The van der Waals surface area contributed by atoms with Crippen LogP contribution >= 0.6 is 31.9 Å². The summed E-state index contributed by atoms with van der Waals surface area (Å²) in [6.07, 6.45) is 1.29. The van der Waals surface area contributed by atoms with Gasteiger partial charge in [0.25, 0.3) is 0 Å². The van der Waals surface area contributed by atoms with Gasteiger partial charge in [-0.3, -0.25) is 4.79 Å². The highest BCUT2D eigenvalue weighted by molar-refractivity contribution is 9.14. The van der Waals surface area contributed by atoms with Gasteiger partial charge in [0.15, 0.2) is 5.78 Å². The summed E-state index contributed by atoms with van der Waals surface area (Å²) >= 11 is 6.21. The Kier molecular flexibility index (Phi) is 3.52. The fraction of sp³-hybridized carbons (Fsp3) is 0.333. The smallest absolute Gasteiger partial charge is 0.334 e. The van der Waals surface area contributed by atoms with Crippen LogP contribution in [0.2, 0.25) is 0 Å². The highest BCUT2D eigenvalue weighted by Crippen LogP contribution is 2.41. The molecule has 0 heterocycles. The highest BCUT2D eigenvalue weighted by Gasteiger charge is 2.47. The minimum Gasteiger partial charge on any atom is -0.478 e. The summed E-state index contributed by atoms with van der Waals surface area (Å²) in [6, 6.07) is 0. The number of ketones is 1. The van der Waals surface area contributed by atoms with Crippen LogP contribution in [0.5, 0.6) is 0 Å². The van der Waals surface area contributed by atoms with Crippen LogP contribution in [0.3, 0.4) is 0 Å². The van der Waals surface area contributed by atoms with Crippen molar-refractivity contribution in [2.24, 2.45) is 0 Å². The van der Waals surface area contributed by atoms with E-state index in [-0.39, 0.29) is 11.4 Å². The molecule has 82 valence electrons. The molecule has 0 radical (unpaired) electrons. The molecule has 0 saturated heterocycles. The third kappa shape index (κ3) is 1.93. The van der Waals surface area contributed by atoms with Gasteiger partial charge >= 0.3 is 5.97 Å². The Morgan fingerprint density at radius 1 is 1.47 bits per heavy atom. The molecule has 6 heteroatoms. The number of halogens is 2. The molecule has 0 aromatic carbocycles. The van der Waals surface area contributed by atoms with E-state index >= 15 is 0 Å². The average molecular weight is 340 g/mol. The zero-order valence-electron chi connectivity index (χ0n) is 7.70. The van der Waals surface area contributed by atoms with Crippen molar-refractivity contribution < 1.29 is 19.8 Å². The van der Waals surface area contributed by atoms with Crippen LogP contribution in [0.25, 0.3) is 0 Å². The van der Waals surface area contributed by atoms with Gasteiger partial charge in [-0.2, -0.15) is 0 Å². The number of allylic oxidation sites excluding steroid dienone is 2. The summed E-state index contributed by atoms with van der Waals surface area (Å²) in [7, 11) is 0. The van der Waals surface area contributed by atoms with Gasteiger partial charge in [0.1, 0.15) is 10.4 Å². The lowest BCUT2D eigenvalue weighted by Gasteiger charge is -2.32. The molecule has 0 amide bonds. The van der Waals surface area contributed by atoms with Gasteiger partial charge in [0, 0.05) is 4.48 Å². The van der Waals surface area contributed by atoms with Gasteiger partial charge in [-0.25, -0.2) is 4.79 Å². The first-order valence-corrected chi connectivity index (χ1v) is 5.59.